The summed E-state index contributed by atoms with van der Waals surface area (Å²) in [5.41, 5.74) is 1.60. The van der Waals surface area contributed by atoms with Gasteiger partial charge < -0.3 is 14.5 Å². The van der Waals surface area contributed by atoms with Crippen LogP contribution in [0.1, 0.15) is 39.2 Å². The lowest BCUT2D eigenvalue weighted by molar-refractivity contribution is 0.0204. The van der Waals surface area contributed by atoms with Crippen molar-refractivity contribution in [3.8, 4) is 0 Å². The van der Waals surface area contributed by atoms with Crippen LogP contribution in [0, 0.1) is 5.82 Å². The van der Waals surface area contributed by atoms with Crippen molar-refractivity contribution in [1.82, 2.24) is 4.90 Å². The monoisotopic (exact) mass is 418 g/mol. The maximum absolute atomic E-state index is 13.4. The van der Waals surface area contributed by atoms with Crippen LogP contribution in [0.4, 0.5) is 14.9 Å². The van der Waals surface area contributed by atoms with Gasteiger partial charge in [-0.25, -0.2) is 9.18 Å². The van der Waals surface area contributed by atoms with E-state index in [2.05, 4.69) is 4.90 Å². The zero-order valence-corrected chi connectivity index (χ0v) is 18.0. The van der Waals surface area contributed by atoms with Crippen molar-refractivity contribution in [3.63, 3.8) is 0 Å². The molecule has 0 bridgehead atoms. The first kappa shape index (κ1) is 21.4. The zero-order chi connectivity index (χ0) is 21.0. The van der Waals surface area contributed by atoms with Gasteiger partial charge in [0.2, 0.25) is 0 Å². The summed E-state index contributed by atoms with van der Waals surface area (Å²) in [6, 6.07) is 14.6. The van der Waals surface area contributed by atoms with E-state index in [-0.39, 0.29) is 18.0 Å². The van der Waals surface area contributed by atoms with E-state index in [0.29, 0.717) is 24.7 Å². The number of halogens is 2. The topological polar surface area (TPSA) is 32.8 Å². The second kappa shape index (κ2) is 9.04. The summed E-state index contributed by atoms with van der Waals surface area (Å²) in [4.78, 5) is 16.4. The standard InChI is InChI=1S/C23H28ClFN2O2/c1-23(2,3)29-22(28)26-14-12-21(13-15-26)27(20-10-8-19(25)9-11-20)16-17-4-6-18(24)7-5-17/h4-11,21H,12-16H2,1-3H3. The molecule has 0 atom stereocenters. The van der Waals surface area contributed by atoms with Crippen LogP contribution in [0.3, 0.4) is 0 Å². The van der Waals surface area contributed by atoms with Crippen LogP contribution in [0.2, 0.25) is 5.02 Å². The van der Waals surface area contributed by atoms with Gasteiger partial charge in [-0.15, -0.1) is 0 Å². The summed E-state index contributed by atoms with van der Waals surface area (Å²) in [7, 11) is 0. The molecule has 2 aromatic carbocycles. The Labute approximate surface area is 177 Å². The van der Waals surface area contributed by atoms with E-state index in [0.717, 1.165) is 24.1 Å². The number of benzene rings is 2. The van der Waals surface area contributed by atoms with Crippen molar-refractivity contribution < 1.29 is 13.9 Å². The minimum atomic E-state index is -0.497. The molecule has 0 spiro atoms. The van der Waals surface area contributed by atoms with Gasteiger partial charge in [-0.1, -0.05) is 23.7 Å². The summed E-state index contributed by atoms with van der Waals surface area (Å²) in [5.74, 6) is -0.250. The lowest BCUT2D eigenvalue weighted by Gasteiger charge is -2.40. The molecule has 1 saturated heterocycles. The number of hydrogen-bond acceptors (Lipinski definition) is 3. The molecule has 0 unspecified atom stereocenters. The van der Waals surface area contributed by atoms with Crippen molar-refractivity contribution in [3.05, 3.63) is 64.9 Å². The highest BCUT2D eigenvalue weighted by atomic mass is 35.5. The summed E-state index contributed by atoms with van der Waals surface area (Å²) < 4.78 is 18.9. The number of ether oxygens (including phenoxy) is 1. The molecule has 0 N–H and O–H groups in total. The maximum Gasteiger partial charge on any atom is 0.410 e. The number of likely N-dealkylation sites (tertiary alicyclic amines) is 1. The number of carbonyl (C=O) groups is 1. The minimum absolute atomic E-state index is 0.245. The average Bonchev–Trinajstić information content (AvgIpc) is 2.67. The van der Waals surface area contributed by atoms with Gasteiger partial charge in [0.15, 0.2) is 0 Å². The first-order valence-corrected chi connectivity index (χ1v) is 10.3. The number of hydrogen-bond donors (Lipinski definition) is 0. The number of anilines is 1. The molecule has 1 heterocycles. The predicted octanol–water partition coefficient (Wildman–Crippen LogP) is 5.89. The molecular weight excluding hydrogens is 391 g/mol. The quantitative estimate of drug-likeness (QED) is 0.621. The molecule has 0 saturated carbocycles. The van der Waals surface area contributed by atoms with Crippen molar-refractivity contribution in [2.75, 3.05) is 18.0 Å². The molecule has 0 radical (unpaired) electrons. The van der Waals surface area contributed by atoms with Gasteiger partial charge in [0, 0.05) is 36.4 Å². The molecular formula is C23H28ClFN2O2. The molecule has 156 valence electrons. The van der Waals surface area contributed by atoms with Crippen molar-refractivity contribution in [2.24, 2.45) is 0 Å². The molecule has 1 aliphatic rings. The lowest BCUT2D eigenvalue weighted by atomic mass is 10.0. The van der Waals surface area contributed by atoms with Gasteiger partial charge >= 0.3 is 6.09 Å². The number of carbonyl (C=O) groups excluding carboxylic acids is 1. The van der Waals surface area contributed by atoms with Crippen LogP contribution >= 0.6 is 11.6 Å². The molecule has 6 heteroatoms. The Morgan fingerprint density at radius 2 is 1.69 bits per heavy atom. The van der Waals surface area contributed by atoms with Gasteiger partial charge in [0.05, 0.1) is 0 Å². The molecule has 3 rings (SSSR count). The largest absolute Gasteiger partial charge is 0.444 e. The third kappa shape index (κ3) is 6.10. The smallest absolute Gasteiger partial charge is 0.410 e. The molecule has 0 aromatic heterocycles. The van der Waals surface area contributed by atoms with Crippen molar-refractivity contribution in [2.45, 2.75) is 51.8 Å². The molecule has 29 heavy (non-hydrogen) atoms. The molecule has 1 fully saturated rings. The van der Waals surface area contributed by atoms with Gasteiger partial charge in [0.1, 0.15) is 11.4 Å². The first-order chi connectivity index (χ1) is 13.7. The molecule has 0 aliphatic carbocycles. The third-order valence-corrected chi connectivity index (χ3v) is 5.23. The number of amides is 1. The Kier molecular flexibility index (Phi) is 6.68. The van der Waals surface area contributed by atoms with Gasteiger partial charge in [-0.2, -0.15) is 0 Å². The Balaban J connectivity index is 1.72. The SMILES string of the molecule is CC(C)(C)OC(=O)N1CCC(N(Cc2ccc(Cl)cc2)c2ccc(F)cc2)CC1. The molecule has 4 nitrogen and oxygen atoms in total. The van der Waals surface area contributed by atoms with Crippen LogP contribution in [-0.4, -0.2) is 35.7 Å². The summed E-state index contributed by atoms with van der Waals surface area (Å²) in [5, 5.41) is 0.702. The third-order valence-electron chi connectivity index (χ3n) is 4.98. The minimum Gasteiger partial charge on any atom is -0.444 e. The van der Waals surface area contributed by atoms with E-state index in [1.54, 1.807) is 4.90 Å². The summed E-state index contributed by atoms with van der Waals surface area (Å²) >= 11 is 6.02. The normalized spacial score (nSPS) is 15.3. The van der Waals surface area contributed by atoms with Crippen LogP contribution < -0.4 is 4.90 Å². The fourth-order valence-corrected chi connectivity index (χ4v) is 3.66. The average molecular weight is 419 g/mol. The highest BCUT2D eigenvalue weighted by Crippen LogP contribution is 2.27. The van der Waals surface area contributed by atoms with Crippen LogP contribution in [0.5, 0.6) is 0 Å². The van der Waals surface area contributed by atoms with Crippen LogP contribution in [0.15, 0.2) is 48.5 Å². The van der Waals surface area contributed by atoms with E-state index >= 15 is 0 Å². The first-order valence-electron chi connectivity index (χ1n) is 9.96. The Morgan fingerprint density at radius 3 is 2.24 bits per heavy atom. The Hall–Kier alpha value is -2.27. The highest BCUT2D eigenvalue weighted by Gasteiger charge is 2.29. The van der Waals surface area contributed by atoms with E-state index in [1.165, 1.54) is 12.1 Å². The number of nitrogens with zero attached hydrogens (tertiary/aromatic N) is 2. The van der Waals surface area contributed by atoms with E-state index in [9.17, 15) is 9.18 Å². The van der Waals surface area contributed by atoms with E-state index in [1.807, 2.05) is 57.2 Å². The fraction of sp³-hybridized carbons (Fsp3) is 0.435. The second-order valence-corrected chi connectivity index (χ2v) is 8.87. The number of piperidine rings is 1. The maximum atomic E-state index is 13.4. The van der Waals surface area contributed by atoms with Crippen molar-refractivity contribution in [1.29, 1.82) is 0 Å². The summed E-state index contributed by atoms with van der Waals surface area (Å²) in [6.45, 7) is 7.59. The summed E-state index contributed by atoms with van der Waals surface area (Å²) in [6.07, 6.45) is 1.39. The second-order valence-electron chi connectivity index (χ2n) is 8.43. The molecule has 1 aliphatic heterocycles. The predicted molar refractivity (Wildman–Crippen MR) is 115 cm³/mol. The van der Waals surface area contributed by atoms with Crippen LogP contribution in [0.25, 0.3) is 0 Å². The Morgan fingerprint density at radius 1 is 1.10 bits per heavy atom. The van der Waals surface area contributed by atoms with Crippen molar-refractivity contribution >= 4 is 23.4 Å². The van der Waals surface area contributed by atoms with Crippen LogP contribution in [-0.2, 0) is 11.3 Å². The zero-order valence-electron chi connectivity index (χ0n) is 17.2. The lowest BCUT2D eigenvalue weighted by Crippen LogP contribution is -2.48. The van der Waals surface area contributed by atoms with E-state index in [4.69, 9.17) is 16.3 Å². The molecule has 2 aromatic rings. The highest BCUT2D eigenvalue weighted by molar-refractivity contribution is 6.30. The van der Waals surface area contributed by atoms with Gasteiger partial charge in [-0.05, 0) is 75.6 Å². The van der Waals surface area contributed by atoms with Gasteiger partial charge in [0.25, 0.3) is 0 Å². The van der Waals surface area contributed by atoms with E-state index < -0.39 is 5.60 Å². The molecule has 1 amide bonds. The Bertz CT molecular complexity index is 810. The van der Waals surface area contributed by atoms with Gasteiger partial charge in [-0.3, -0.25) is 0 Å². The number of rotatable bonds is 4. The fourth-order valence-electron chi connectivity index (χ4n) is 3.54.